The van der Waals surface area contributed by atoms with Crippen molar-refractivity contribution in [2.45, 2.75) is 13.5 Å². The molecule has 2 aromatic carbocycles. The van der Waals surface area contributed by atoms with Gasteiger partial charge >= 0.3 is 0 Å². The fourth-order valence-electron chi connectivity index (χ4n) is 3.39. The maximum atomic E-state index is 13.5. The molecule has 6 nitrogen and oxygen atoms in total. The Morgan fingerprint density at radius 2 is 2.00 bits per heavy atom. The number of hydrogen-bond donors (Lipinski definition) is 0. The van der Waals surface area contributed by atoms with E-state index < -0.39 is 0 Å². The summed E-state index contributed by atoms with van der Waals surface area (Å²) in [4.78, 5) is 19.8. The Kier molecular flexibility index (Phi) is 5.56. The standard InChI is InChI=1S/C22H21ClN2O4/c1-14-9-18(17-11-16(23)4-5-19(17)24-14)22(26)25(7-8-27-2)12-15-3-6-20-21(10-15)29-13-28-20/h3-6,9-11H,7-8,12-13H2,1-2H3. The molecule has 0 N–H and O–H groups in total. The molecule has 0 saturated carbocycles. The fraction of sp³-hybridized carbons (Fsp3) is 0.273. The topological polar surface area (TPSA) is 60.9 Å². The molecule has 0 atom stereocenters. The molecule has 150 valence electrons. The van der Waals surface area contributed by atoms with Gasteiger partial charge in [0.15, 0.2) is 11.5 Å². The average molecular weight is 413 g/mol. The highest BCUT2D eigenvalue weighted by Crippen LogP contribution is 2.33. The van der Waals surface area contributed by atoms with E-state index in [4.69, 9.17) is 25.8 Å². The third-order valence-corrected chi connectivity index (χ3v) is 5.03. The van der Waals surface area contributed by atoms with Crippen LogP contribution < -0.4 is 9.47 Å². The van der Waals surface area contributed by atoms with E-state index in [1.54, 1.807) is 30.2 Å². The summed E-state index contributed by atoms with van der Waals surface area (Å²) in [6, 6.07) is 12.9. The maximum absolute atomic E-state index is 13.5. The molecule has 1 aromatic heterocycles. The minimum Gasteiger partial charge on any atom is -0.454 e. The van der Waals surface area contributed by atoms with Crippen LogP contribution in [-0.2, 0) is 11.3 Å². The zero-order valence-corrected chi connectivity index (χ0v) is 17.0. The number of fused-ring (bicyclic) bond motifs is 2. The van der Waals surface area contributed by atoms with E-state index in [0.29, 0.717) is 41.8 Å². The van der Waals surface area contributed by atoms with Crippen LogP contribution in [0.2, 0.25) is 5.02 Å². The molecule has 4 rings (SSSR count). The second-order valence-corrected chi connectivity index (χ2v) is 7.32. The van der Waals surface area contributed by atoms with Crippen LogP contribution in [0.15, 0.2) is 42.5 Å². The van der Waals surface area contributed by atoms with Crippen molar-refractivity contribution >= 4 is 28.4 Å². The number of rotatable bonds is 6. The minimum atomic E-state index is -0.0996. The zero-order valence-electron chi connectivity index (χ0n) is 16.3. The van der Waals surface area contributed by atoms with E-state index >= 15 is 0 Å². The third kappa shape index (κ3) is 4.13. The van der Waals surface area contributed by atoms with Gasteiger partial charge in [0.1, 0.15) is 0 Å². The second-order valence-electron chi connectivity index (χ2n) is 6.88. The van der Waals surface area contributed by atoms with Crippen LogP contribution in [0.1, 0.15) is 21.6 Å². The van der Waals surface area contributed by atoms with E-state index in [-0.39, 0.29) is 12.7 Å². The van der Waals surface area contributed by atoms with Crippen molar-refractivity contribution in [2.24, 2.45) is 0 Å². The summed E-state index contributed by atoms with van der Waals surface area (Å²) < 4.78 is 16.1. The number of aromatic nitrogens is 1. The molecular formula is C22H21ClN2O4. The molecular weight excluding hydrogens is 392 g/mol. The summed E-state index contributed by atoms with van der Waals surface area (Å²) >= 11 is 6.18. The molecule has 2 heterocycles. The van der Waals surface area contributed by atoms with Crippen LogP contribution in [0.5, 0.6) is 11.5 Å². The molecule has 0 radical (unpaired) electrons. The molecule has 1 aliphatic rings. The van der Waals surface area contributed by atoms with Gasteiger partial charge in [-0.25, -0.2) is 0 Å². The number of carbonyl (C=O) groups is 1. The first-order valence-corrected chi connectivity index (χ1v) is 9.66. The monoisotopic (exact) mass is 412 g/mol. The van der Waals surface area contributed by atoms with Crippen LogP contribution >= 0.6 is 11.6 Å². The maximum Gasteiger partial charge on any atom is 0.254 e. The predicted molar refractivity (Wildman–Crippen MR) is 111 cm³/mol. The van der Waals surface area contributed by atoms with Crippen LogP contribution in [0.25, 0.3) is 10.9 Å². The lowest BCUT2D eigenvalue weighted by Gasteiger charge is -2.23. The number of halogens is 1. The molecule has 0 spiro atoms. The Morgan fingerprint density at radius 3 is 2.83 bits per heavy atom. The summed E-state index contributed by atoms with van der Waals surface area (Å²) in [6.45, 7) is 3.39. The van der Waals surface area contributed by atoms with Crippen molar-refractivity contribution in [3.63, 3.8) is 0 Å². The summed E-state index contributed by atoms with van der Waals surface area (Å²) in [5.74, 6) is 1.31. The van der Waals surface area contributed by atoms with Gasteiger partial charge in [-0.1, -0.05) is 17.7 Å². The van der Waals surface area contributed by atoms with Gasteiger partial charge in [0.25, 0.3) is 5.91 Å². The van der Waals surface area contributed by atoms with Gasteiger partial charge in [-0.05, 0) is 48.9 Å². The van der Waals surface area contributed by atoms with Crippen molar-refractivity contribution in [1.82, 2.24) is 9.88 Å². The highest BCUT2D eigenvalue weighted by Gasteiger charge is 2.21. The summed E-state index contributed by atoms with van der Waals surface area (Å²) in [7, 11) is 1.62. The number of carbonyl (C=O) groups excluding carboxylic acids is 1. The number of aryl methyl sites for hydroxylation is 1. The highest BCUT2D eigenvalue weighted by molar-refractivity contribution is 6.31. The smallest absolute Gasteiger partial charge is 0.254 e. The quantitative estimate of drug-likeness (QED) is 0.606. The number of methoxy groups -OCH3 is 1. The van der Waals surface area contributed by atoms with Crippen LogP contribution in [-0.4, -0.2) is 42.8 Å². The number of nitrogens with zero attached hydrogens (tertiary/aromatic N) is 2. The Labute approximate surface area is 174 Å². The second kappa shape index (κ2) is 8.27. The summed E-state index contributed by atoms with van der Waals surface area (Å²) in [5.41, 5.74) is 3.05. The molecule has 0 aliphatic carbocycles. The molecule has 0 fully saturated rings. The molecule has 3 aromatic rings. The average Bonchev–Trinajstić information content (AvgIpc) is 3.18. The van der Waals surface area contributed by atoms with Crippen LogP contribution in [0.3, 0.4) is 0 Å². The third-order valence-electron chi connectivity index (χ3n) is 4.79. The Morgan fingerprint density at radius 1 is 1.17 bits per heavy atom. The first kappa shape index (κ1) is 19.5. The van der Waals surface area contributed by atoms with E-state index in [1.165, 1.54) is 0 Å². The molecule has 29 heavy (non-hydrogen) atoms. The highest BCUT2D eigenvalue weighted by atomic mass is 35.5. The molecule has 0 bridgehead atoms. The Balaban J connectivity index is 1.69. The van der Waals surface area contributed by atoms with Gasteiger partial charge in [-0.3, -0.25) is 9.78 Å². The van der Waals surface area contributed by atoms with E-state index in [9.17, 15) is 4.79 Å². The number of ether oxygens (including phenoxy) is 3. The molecule has 0 saturated heterocycles. The molecule has 7 heteroatoms. The number of pyridine rings is 1. The summed E-state index contributed by atoms with van der Waals surface area (Å²) in [6.07, 6.45) is 0. The van der Waals surface area contributed by atoms with Gasteiger partial charge in [-0.15, -0.1) is 0 Å². The number of benzene rings is 2. The van der Waals surface area contributed by atoms with Gasteiger partial charge in [0.05, 0.1) is 17.7 Å². The van der Waals surface area contributed by atoms with Crippen molar-refractivity contribution in [2.75, 3.05) is 27.1 Å². The number of amides is 1. The van der Waals surface area contributed by atoms with Crippen molar-refractivity contribution < 1.29 is 19.0 Å². The predicted octanol–water partition coefficient (Wildman–Crippen LogP) is 4.21. The lowest BCUT2D eigenvalue weighted by atomic mass is 10.1. The molecule has 0 unspecified atom stereocenters. The number of hydrogen-bond acceptors (Lipinski definition) is 5. The van der Waals surface area contributed by atoms with Gasteiger partial charge in [0, 0.05) is 36.3 Å². The van der Waals surface area contributed by atoms with Gasteiger partial charge in [-0.2, -0.15) is 0 Å². The SMILES string of the molecule is COCCN(Cc1ccc2c(c1)OCO2)C(=O)c1cc(C)nc2ccc(Cl)cc12. The van der Waals surface area contributed by atoms with Crippen molar-refractivity contribution in [3.05, 3.63) is 64.3 Å². The van der Waals surface area contributed by atoms with Gasteiger partial charge < -0.3 is 19.1 Å². The van der Waals surface area contributed by atoms with E-state index in [1.807, 2.05) is 31.2 Å². The first-order chi connectivity index (χ1) is 14.0. The molecule has 1 amide bonds. The van der Waals surface area contributed by atoms with Crippen molar-refractivity contribution in [1.29, 1.82) is 0 Å². The Hall–Kier alpha value is -2.83. The van der Waals surface area contributed by atoms with Crippen LogP contribution in [0, 0.1) is 6.92 Å². The fourth-order valence-corrected chi connectivity index (χ4v) is 3.56. The summed E-state index contributed by atoms with van der Waals surface area (Å²) in [5, 5.41) is 1.30. The van der Waals surface area contributed by atoms with Crippen LogP contribution in [0.4, 0.5) is 0 Å². The largest absolute Gasteiger partial charge is 0.454 e. The lowest BCUT2D eigenvalue weighted by molar-refractivity contribution is 0.0682. The normalized spacial score (nSPS) is 12.4. The minimum absolute atomic E-state index is 0.0996. The molecule has 1 aliphatic heterocycles. The van der Waals surface area contributed by atoms with Gasteiger partial charge in [0.2, 0.25) is 6.79 Å². The first-order valence-electron chi connectivity index (χ1n) is 9.29. The lowest BCUT2D eigenvalue weighted by Crippen LogP contribution is -2.33. The van der Waals surface area contributed by atoms with E-state index in [2.05, 4.69) is 4.98 Å². The van der Waals surface area contributed by atoms with Crippen molar-refractivity contribution in [3.8, 4) is 11.5 Å². The zero-order chi connectivity index (χ0) is 20.4. The Bertz CT molecular complexity index is 1070. The van der Waals surface area contributed by atoms with E-state index in [0.717, 1.165) is 22.2 Å².